The molecule has 7 heteroatoms. The van der Waals surface area contributed by atoms with E-state index in [1.165, 1.54) is 6.07 Å². The van der Waals surface area contributed by atoms with Gasteiger partial charge >= 0.3 is 11.9 Å². The number of unbranched alkanes of at least 4 members (excludes halogenated alkanes) is 4. The van der Waals surface area contributed by atoms with E-state index in [2.05, 4.69) is 0 Å². The monoisotopic (exact) mass is 562 g/mol. The molecule has 0 N–H and O–H groups in total. The van der Waals surface area contributed by atoms with Crippen molar-refractivity contribution in [1.82, 2.24) is 0 Å². The van der Waals surface area contributed by atoms with Crippen molar-refractivity contribution in [2.75, 3.05) is 13.2 Å². The fraction of sp³-hybridized carbons (Fsp3) is 0.229. The minimum absolute atomic E-state index is 0.171. The highest BCUT2D eigenvalue weighted by Gasteiger charge is 2.19. The van der Waals surface area contributed by atoms with E-state index >= 15 is 0 Å². The number of benzene rings is 4. The Balaban J connectivity index is 0.890. The molecule has 5 aromatic rings. The Bertz CT molecular complexity index is 1840. The van der Waals surface area contributed by atoms with Crippen LogP contribution in [0.3, 0.4) is 0 Å². The van der Waals surface area contributed by atoms with Crippen LogP contribution in [-0.4, -0.2) is 25.2 Å². The zero-order valence-corrected chi connectivity index (χ0v) is 23.1. The van der Waals surface area contributed by atoms with Gasteiger partial charge in [-0.2, -0.15) is 0 Å². The van der Waals surface area contributed by atoms with E-state index in [-0.39, 0.29) is 11.4 Å². The average molecular weight is 563 g/mol. The summed E-state index contributed by atoms with van der Waals surface area (Å²) in [4.78, 5) is 37.9. The summed E-state index contributed by atoms with van der Waals surface area (Å²) in [6, 6.07) is 25.1. The van der Waals surface area contributed by atoms with Gasteiger partial charge in [-0.25, -0.2) is 9.59 Å². The van der Waals surface area contributed by atoms with E-state index in [0.29, 0.717) is 46.3 Å². The summed E-state index contributed by atoms with van der Waals surface area (Å²) < 4.78 is 22.6. The molecule has 0 fully saturated rings. The highest BCUT2D eigenvalue weighted by atomic mass is 16.5. The van der Waals surface area contributed by atoms with E-state index in [1.807, 2.05) is 42.5 Å². The molecule has 0 unspecified atom stereocenters. The van der Waals surface area contributed by atoms with Crippen LogP contribution in [0, 0.1) is 0 Å². The highest BCUT2D eigenvalue weighted by molar-refractivity contribution is 5.96. The van der Waals surface area contributed by atoms with Crippen molar-refractivity contribution in [1.29, 1.82) is 0 Å². The summed E-state index contributed by atoms with van der Waals surface area (Å²) in [5, 5.41) is 0.834. The van der Waals surface area contributed by atoms with Gasteiger partial charge in [-0.3, -0.25) is 4.79 Å². The molecule has 1 aliphatic heterocycles. The van der Waals surface area contributed by atoms with Crippen LogP contribution >= 0.6 is 0 Å². The number of hydrogen-bond acceptors (Lipinski definition) is 7. The Labute approximate surface area is 242 Å². The van der Waals surface area contributed by atoms with Crippen molar-refractivity contribution in [2.45, 2.75) is 38.5 Å². The van der Waals surface area contributed by atoms with Gasteiger partial charge < -0.3 is 18.6 Å². The Morgan fingerprint density at radius 3 is 2.05 bits per heavy atom. The van der Waals surface area contributed by atoms with Gasteiger partial charge in [0.1, 0.15) is 22.7 Å². The largest absolute Gasteiger partial charge is 0.462 e. The lowest BCUT2D eigenvalue weighted by Gasteiger charge is -2.20. The van der Waals surface area contributed by atoms with E-state index < -0.39 is 5.97 Å². The molecule has 0 saturated heterocycles. The highest BCUT2D eigenvalue weighted by Crippen LogP contribution is 2.36. The Kier molecular flexibility index (Phi) is 7.99. The van der Waals surface area contributed by atoms with Crippen molar-refractivity contribution >= 4 is 33.9 Å². The molecule has 212 valence electrons. The summed E-state index contributed by atoms with van der Waals surface area (Å²) in [7, 11) is 0. The number of hydrogen-bond donors (Lipinski definition) is 0. The molecular formula is C35H30O7. The molecule has 0 aliphatic carbocycles. The van der Waals surface area contributed by atoms with Crippen LogP contribution in [0.4, 0.5) is 0 Å². The number of ether oxygens (including phenoxy) is 3. The Morgan fingerprint density at radius 1 is 0.619 bits per heavy atom. The summed E-state index contributed by atoms with van der Waals surface area (Å²) in [5.41, 5.74) is 3.70. The number of carbonyl (C=O) groups is 2. The maximum Gasteiger partial charge on any atom is 0.338 e. The van der Waals surface area contributed by atoms with Crippen molar-refractivity contribution in [3.8, 4) is 11.5 Å². The molecule has 4 aromatic carbocycles. The van der Waals surface area contributed by atoms with Crippen LogP contribution in [0.5, 0.6) is 11.5 Å². The number of rotatable bonds is 10. The predicted octanol–water partition coefficient (Wildman–Crippen LogP) is 7.61. The van der Waals surface area contributed by atoms with E-state index in [0.717, 1.165) is 61.2 Å². The summed E-state index contributed by atoms with van der Waals surface area (Å²) in [6.45, 7) is 0.653. The molecule has 42 heavy (non-hydrogen) atoms. The number of fused-ring (bicyclic) bond motifs is 4. The lowest BCUT2D eigenvalue weighted by Crippen LogP contribution is -2.09. The minimum atomic E-state index is -0.464. The van der Waals surface area contributed by atoms with Gasteiger partial charge in [0.2, 0.25) is 5.43 Å². The molecule has 0 spiro atoms. The van der Waals surface area contributed by atoms with Crippen molar-refractivity contribution in [3.05, 3.63) is 117 Å². The van der Waals surface area contributed by atoms with Crippen LogP contribution in [0.15, 0.2) is 94.1 Å². The van der Waals surface area contributed by atoms with Gasteiger partial charge in [0.25, 0.3) is 0 Å². The first kappa shape index (κ1) is 27.3. The maximum atomic E-state index is 12.8. The lowest BCUT2D eigenvalue weighted by atomic mass is 9.98. The Hall–Kier alpha value is -4.91. The zero-order valence-electron chi connectivity index (χ0n) is 23.1. The normalized spacial score (nSPS) is 11.9. The number of esters is 2. The van der Waals surface area contributed by atoms with Crippen molar-refractivity contribution in [2.24, 2.45) is 0 Å². The molecule has 1 aliphatic rings. The van der Waals surface area contributed by atoms with Gasteiger partial charge in [-0.15, -0.1) is 0 Å². The molecule has 2 heterocycles. The van der Waals surface area contributed by atoms with Gasteiger partial charge in [-0.1, -0.05) is 49.6 Å². The fourth-order valence-corrected chi connectivity index (χ4v) is 5.18. The van der Waals surface area contributed by atoms with Gasteiger partial charge in [0.15, 0.2) is 0 Å². The van der Waals surface area contributed by atoms with Crippen LogP contribution in [-0.2, 0) is 15.9 Å². The second kappa shape index (κ2) is 12.3. The Morgan fingerprint density at radius 2 is 1.24 bits per heavy atom. The SMILES string of the molecule is O=C(OCCCCCCCOC(=O)c1ccc2oc3ccccc3c(=O)c2c1)c1ccc2c(c1)Cc1ccccc1O2. The molecule has 6 rings (SSSR count). The quantitative estimate of drug-likeness (QED) is 0.0964. The maximum absolute atomic E-state index is 12.8. The predicted molar refractivity (Wildman–Crippen MR) is 159 cm³/mol. The summed E-state index contributed by atoms with van der Waals surface area (Å²) >= 11 is 0. The number of carbonyl (C=O) groups excluding carboxylic acids is 2. The minimum Gasteiger partial charge on any atom is -0.462 e. The topological polar surface area (TPSA) is 92.0 Å². The zero-order chi connectivity index (χ0) is 28.9. The second-order valence-electron chi connectivity index (χ2n) is 10.4. The van der Waals surface area contributed by atoms with Crippen LogP contribution < -0.4 is 10.2 Å². The standard InChI is InChI=1S/C35H30O7/c36-33-27-11-5-7-13-31(27)42-32-17-15-25(22-28(32)33)35(38)40-19-9-3-1-2-8-18-39-34(37)24-14-16-30-26(21-24)20-23-10-4-6-12-29(23)41-30/h4-7,10-17,21-22H,1-3,8-9,18-20H2. The molecule has 0 saturated carbocycles. The van der Waals surface area contributed by atoms with E-state index in [9.17, 15) is 14.4 Å². The van der Waals surface area contributed by atoms with Crippen molar-refractivity contribution < 1.29 is 28.2 Å². The molecule has 0 bridgehead atoms. The van der Waals surface area contributed by atoms with Crippen molar-refractivity contribution in [3.63, 3.8) is 0 Å². The third-order valence-corrected chi connectivity index (χ3v) is 7.44. The molecular weight excluding hydrogens is 532 g/mol. The summed E-state index contributed by atoms with van der Waals surface area (Å²) in [5.74, 6) is 0.833. The van der Waals surface area contributed by atoms with Gasteiger partial charge in [-0.05, 0) is 73.0 Å². The third kappa shape index (κ3) is 5.91. The third-order valence-electron chi connectivity index (χ3n) is 7.44. The second-order valence-corrected chi connectivity index (χ2v) is 10.4. The first-order chi connectivity index (χ1) is 20.6. The average Bonchev–Trinajstić information content (AvgIpc) is 3.02. The van der Waals surface area contributed by atoms with E-state index in [4.69, 9.17) is 18.6 Å². The first-order valence-electron chi connectivity index (χ1n) is 14.3. The summed E-state index contributed by atoms with van der Waals surface area (Å²) in [6.07, 6.45) is 4.95. The van der Waals surface area contributed by atoms with Gasteiger partial charge in [0.05, 0.1) is 35.1 Å². The molecule has 0 radical (unpaired) electrons. The van der Waals surface area contributed by atoms with Crippen LogP contribution in [0.1, 0.15) is 63.9 Å². The molecule has 0 amide bonds. The smallest absolute Gasteiger partial charge is 0.338 e. The molecule has 0 atom stereocenters. The molecule has 7 nitrogen and oxygen atoms in total. The molecule has 1 aromatic heterocycles. The van der Waals surface area contributed by atoms with Crippen LogP contribution in [0.25, 0.3) is 21.9 Å². The van der Waals surface area contributed by atoms with Crippen LogP contribution in [0.2, 0.25) is 0 Å². The van der Waals surface area contributed by atoms with Gasteiger partial charge in [0, 0.05) is 12.0 Å². The van der Waals surface area contributed by atoms with E-state index in [1.54, 1.807) is 36.4 Å². The number of para-hydroxylation sites is 2. The fourth-order valence-electron chi connectivity index (χ4n) is 5.18. The first-order valence-corrected chi connectivity index (χ1v) is 14.3. The lowest BCUT2D eigenvalue weighted by molar-refractivity contribution is 0.0496.